The Kier molecular flexibility index (Phi) is 5.36. The highest BCUT2D eigenvalue weighted by molar-refractivity contribution is 5.93. The Morgan fingerprint density at radius 2 is 1.50 bits per heavy atom. The topological polar surface area (TPSA) is 74.6 Å². The number of carboxylic acids is 2. The van der Waals surface area contributed by atoms with Crippen molar-refractivity contribution >= 4 is 11.9 Å². The molecule has 1 fully saturated rings. The standard InChI is InChI=1S/C8H6O4.C6H12/c9-7(10)5-2-1-3-6(4-5)8(11)12;1-6-4-2-3-5-6/h1-4H,(H,9,10)(H,11,12);6H,2-5H2,1H3. The molecule has 0 atom stereocenters. The molecule has 4 nitrogen and oxygen atoms in total. The largest absolute Gasteiger partial charge is 0.478 e. The number of carbonyl (C=O) groups is 2. The molecular weight excluding hydrogens is 232 g/mol. The summed E-state index contributed by atoms with van der Waals surface area (Å²) in [6.07, 6.45) is 5.95. The third kappa shape index (κ3) is 4.57. The predicted molar refractivity (Wildman–Crippen MR) is 68.0 cm³/mol. The van der Waals surface area contributed by atoms with Crippen LogP contribution in [0.15, 0.2) is 24.3 Å². The molecule has 1 aliphatic carbocycles. The van der Waals surface area contributed by atoms with Gasteiger partial charge in [-0.25, -0.2) is 9.59 Å². The van der Waals surface area contributed by atoms with E-state index in [2.05, 4.69) is 6.92 Å². The van der Waals surface area contributed by atoms with E-state index in [0.29, 0.717) is 0 Å². The first-order valence-electron chi connectivity index (χ1n) is 6.07. The van der Waals surface area contributed by atoms with E-state index in [9.17, 15) is 9.59 Å². The van der Waals surface area contributed by atoms with Crippen LogP contribution in [0.1, 0.15) is 53.3 Å². The van der Waals surface area contributed by atoms with Gasteiger partial charge in [-0.3, -0.25) is 0 Å². The van der Waals surface area contributed by atoms with E-state index in [-0.39, 0.29) is 11.1 Å². The predicted octanol–water partition coefficient (Wildman–Crippen LogP) is 3.28. The fourth-order valence-electron chi connectivity index (χ4n) is 1.92. The van der Waals surface area contributed by atoms with E-state index in [1.807, 2.05) is 0 Å². The van der Waals surface area contributed by atoms with Crippen molar-refractivity contribution in [3.63, 3.8) is 0 Å². The van der Waals surface area contributed by atoms with Crippen molar-refractivity contribution in [2.24, 2.45) is 5.92 Å². The number of hydrogen-bond acceptors (Lipinski definition) is 2. The molecule has 4 heteroatoms. The Labute approximate surface area is 106 Å². The van der Waals surface area contributed by atoms with Crippen LogP contribution in [0.5, 0.6) is 0 Å². The van der Waals surface area contributed by atoms with E-state index in [0.717, 1.165) is 12.0 Å². The van der Waals surface area contributed by atoms with Crippen LogP contribution >= 0.6 is 0 Å². The molecule has 2 rings (SSSR count). The Balaban J connectivity index is 0.000000225. The maximum atomic E-state index is 10.4. The lowest BCUT2D eigenvalue weighted by molar-refractivity contribution is 0.0696. The molecule has 1 aromatic rings. The van der Waals surface area contributed by atoms with Crippen LogP contribution in [0.4, 0.5) is 0 Å². The van der Waals surface area contributed by atoms with Crippen LogP contribution in [0.25, 0.3) is 0 Å². The first-order chi connectivity index (χ1) is 8.50. The zero-order chi connectivity index (χ0) is 13.5. The van der Waals surface area contributed by atoms with Gasteiger partial charge in [-0.2, -0.15) is 0 Å². The maximum absolute atomic E-state index is 10.4. The van der Waals surface area contributed by atoms with Gasteiger partial charge < -0.3 is 10.2 Å². The second kappa shape index (κ2) is 6.79. The average Bonchev–Trinajstić information content (AvgIpc) is 2.81. The van der Waals surface area contributed by atoms with Crippen LogP contribution < -0.4 is 0 Å². The maximum Gasteiger partial charge on any atom is 0.335 e. The highest BCUT2D eigenvalue weighted by Crippen LogP contribution is 2.22. The molecule has 0 heterocycles. The Morgan fingerprint density at radius 1 is 1.06 bits per heavy atom. The normalized spacial score (nSPS) is 14.7. The molecule has 1 aromatic carbocycles. The molecule has 1 aliphatic rings. The van der Waals surface area contributed by atoms with Gasteiger partial charge in [0.25, 0.3) is 0 Å². The number of aromatic carboxylic acids is 2. The highest BCUT2D eigenvalue weighted by atomic mass is 16.4. The molecule has 0 amide bonds. The van der Waals surface area contributed by atoms with E-state index in [1.165, 1.54) is 43.9 Å². The minimum atomic E-state index is -1.13. The summed E-state index contributed by atoms with van der Waals surface area (Å²) < 4.78 is 0. The molecular formula is C14H18O4. The monoisotopic (exact) mass is 250 g/mol. The van der Waals surface area contributed by atoms with Crippen LogP contribution in [0, 0.1) is 5.92 Å². The molecule has 2 N–H and O–H groups in total. The summed E-state index contributed by atoms with van der Waals surface area (Å²) in [5, 5.41) is 17.0. The van der Waals surface area contributed by atoms with Gasteiger partial charge in [0.05, 0.1) is 11.1 Å². The van der Waals surface area contributed by atoms with Gasteiger partial charge in [0, 0.05) is 0 Å². The van der Waals surface area contributed by atoms with Gasteiger partial charge >= 0.3 is 11.9 Å². The summed E-state index contributed by atoms with van der Waals surface area (Å²) in [5.74, 6) is -1.21. The van der Waals surface area contributed by atoms with Crippen LogP contribution in [-0.4, -0.2) is 22.2 Å². The molecule has 0 aliphatic heterocycles. The molecule has 0 saturated heterocycles. The van der Waals surface area contributed by atoms with Crippen LogP contribution in [0.3, 0.4) is 0 Å². The fraction of sp³-hybridized carbons (Fsp3) is 0.429. The number of hydrogen-bond donors (Lipinski definition) is 2. The summed E-state index contributed by atoms with van der Waals surface area (Å²) in [6.45, 7) is 2.34. The summed E-state index contributed by atoms with van der Waals surface area (Å²) in [7, 11) is 0. The molecule has 0 radical (unpaired) electrons. The van der Waals surface area contributed by atoms with Crippen LogP contribution in [-0.2, 0) is 0 Å². The summed E-state index contributed by atoms with van der Waals surface area (Å²) in [4.78, 5) is 20.8. The first-order valence-corrected chi connectivity index (χ1v) is 6.07. The Bertz CT molecular complexity index is 390. The van der Waals surface area contributed by atoms with Gasteiger partial charge in [-0.15, -0.1) is 0 Å². The van der Waals surface area contributed by atoms with Gasteiger partial charge in [0.1, 0.15) is 0 Å². The molecule has 0 unspecified atom stereocenters. The highest BCUT2D eigenvalue weighted by Gasteiger charge is 2.07. The van der Waals surface area contributed by atoms with Crippen molar-refractivity contribution in [1.82, 2.24) is 0 Å². The van der Waals surface area contributed by atoms with E-state index in [4.69, 9.17) is 10.2 Å². The summed E-state index contributed by atoms with van der Waals surface area (Å²) >= 11 is 0. The lowest BCUT2D eigenvalue weighted by Gasteiger charge is -1.95. The molecule has 18 heavy (non-hydrogen) atoms. The molecule has 1 saturated carbocycles. The van der Waals surface area contributed by atoms with Crippen molar-refractivity contribution in [2.75, 3.05) is 0 Å². The van der Waals surface area contributed by atoms with Gasteiger partial charge in [-0.1, -0.05) is 38.7 Å². The van der Waals surface area contributed by atoms with E-state index >= 15 is 0 Å². The van der Waals surface area contributed by atoms with E-state index in [1.54, 1.807) is 0 Å². The Morgan fingerprint density at radius 3 is 1.78 bits per heavy atom. The minimum Gasteiger partial charge on any atom is -0.478 e. The van der Waals surface area contributed by atoms with Crippen molar-refractivity contribution < 1.29 is 19.8 Å². The number of carboxylic acid groups (broad SMARTS) is 2. The van der Waals surface area contributed by atoms with Gasteiger partial charge in [-0.05, 0) is 24.1 Å². The second-order valence-corrected chi connectivity index (χ2v) is 4.58. The third-order valence-corrected chi connectivity index (χ3v) is 3.00. The summed E-state index contributed by atoms with van der Waals surface area (Å²) in [6, 6.07) is 5.20. The van der Waals surface area contributed by atoms with Crippen molar-refractivity contribution in [1.29, 1.82) is 0 Å². The quantitative estimate of drug-likeness (QED) is 0.844. The van der Waals surface area contributed by atoms with E-state index < -0.39 is 11.9 Å². The average molecular weight is 250 g/mol. The minimum absolute atomic E-state index is 0.0186. The molecule has 0 spiro atoms. The lowest BCUT2D eigenvalue weighted by atomic mass is 10.1. The van der Waals surface area contributed by atoms with Crippen LogP contribution in [0.2, 0.25) is 0 Å². The Hall–Kier alpha value is -1.84. The summed E-state index contributed by atoms with van der Waals surface area (Å²) in [5.41, 5.74) is -0.0372. The zero-order valence-corrected chi connectivity index (χ0v) is 10.4. The SMILES string of the molecule is CC1CCCC1.O=C(O)c1cccc(C(=O)O)c1. The lowest BCUT2D eigenvalue weighted by Crippen LogP contribution is -2.01. The van der Waals surface area contributed by atoms with Crippen molar-refractivity contribution in [3.05, 3.63) is 35.4 Å². The van der Waals surface area contributed by atoms with Gasteiger partial charge in [0.15, 0.2) is 0 Å². The van der Waals surface area contributed by atoms with Gasteiger partial charge in [0.2, 0.25) is 0 Å². The molecule has 98 valence electrons. The van der Waals surface area contributed by atoms with Crippen molar-refractivity contribution in [3.8, 4) is 0 Å². The number of rotatable bonds is 2. The molecule has 0 aromatic heterocycles. The smallest absolute Gasteiger partial charge is 0.335 e. The zero-order valence-electron chi connectivity index (χ0n) is 10.4. The fourth-order valence-corrected chi connectivity index (χ4v) is 1.92. The first kappa shape index (κ1) is 14.2. The third-order valence-electron chi connectivity index (χ3n) is 3.00. The second-order valence-electron chi connectivity index (χ2n) is 4.58. The molecule has 0 bridgehead atoms. The number of benzene rings is 1. The van der Waals surface area contributed by atoms with Crippen molar-refractivity contribution in [2.45, 2.75) is 32.6 Å².